The second-order valence-electron chi connectivity index (χ2n) is 5.96. The molecule has 11 heteroatoms. The first-order valence-corrected chi connectivity index (χ1v) is 8.00. The van der Waals surface area contributed by atoms with E-state index < -0.39 is 36.6 Å². The van der Waals surface area contributed by atoms with Gasteiger partial charge >= 0.3 is 18.2 Å². The highest BCUT2D eigenvalue weighted by Crippen LogP contribution is 2.29. The number of nitrogen functional groups attached to an aromatic ring is 1. The van der Waals surface area contributed by atoms with Gasteiger partial charge in [0.05, 0.1) is 18.8 Å². The van der Waals surface area contributed by atoms with Gasteiger partial charge in [-0.25, -0.2) is 14.2 Å². The first kappa shape index (κ1) is 19.4. The van der Waals surface area contributed by atoms with E-state index in [-0.39, 0.29) is 23.6 Å². The first-order chi connectivity index (χ1) is 13.1. The van der Waals surface area contributed by atoms with Crippen molar-refractivity contribution >= 4 is 23.5 Å². The standard InChI is InChI=1S/C17H14F4N4O3/c18-13-6-10(1-2-12(13)9-3-4-23-14(22)5-9)25-8-11(28-16(25)27)7-24-15(26)17(19,20)21/h1-6,11H,7-8H2,(H2,22,23)(H,24,26)/t11-/m0/s1. The summed E-state index contributed by atoms with van der Waals surface area (Å²) in [4.78, 5) is 27.7. The third kappa shape index (κ3) is 4.13. The van der Waals surface area contributed by atoms with E-state index in [1.165, 1.54) is 24.4 Å². The minimum atomic E-state index is -5.03. The van der Waals surface area contributed by atoms with Crippen molar-refractivity contribution in [3.05, 3.63) is 42.3 Å². The van der Waals surface area contributed by atoms with E-state index in [0.29, 0.717) is 5.56 Å². The number of nitrogens with zero attached hydrogens (tertiary/aromatic N) is 2. The van der Waals surface area contributed by atoms with Crippen molar-refractivity contribution in [2.75, 3.05) is 23.7 Å². The Hall–Kier alpha value is -3.37. The highest BCUT2D eigenvalue weighted by molar-refractivity contribution is 5.90. The van der Waals surface area contributed by atoms with Crippen LogP contribution in [0.3, 0.4) is 0 Å². The molecule has 1 fully saturated rings. The number of alkyl halides is 3. The fourth-order valence-corrected chi connectivity index (χ4v) is 2.67. The molecule has 1 aromatic heterocycles. The second kappa shape index (κ2) is 7.33. The maximum absolute atomic E-state index is 14.5. The molecule has 148 valence electrons. The predicted molar refractivity (Wildman–Crippen MR) is 90.7 cm³/mol. The molecule has 1 saturated heterocycles. The Kier molecular flexibility index (Phi) is 5.08. The number of rotatable bonds is 4. The minimum absolute atomic E-state index is 0.141. The number of halogens is 4. The van der Waals surface area contributed by atoms with Crippen LogP contribution in [0.5, 0.6) is 0 Å². The number of aromatic nitrogens is 1. The van der Waals surface area contributed by atoms with Crippen molar-refractivity contribution in [3.63, 3.8) is 0 Å². The molecule has 2 amide bonds. The molecule has 1 atom stereocenters. The number of nitrogens with two attached hydrogens (primary N) is 1. The van der Waals surface area contributed by atoms with Crippen LogP contribution in [-0.2, 0) is 9.53 Å². The summed E-state index contributed by atoms with van der Waals surface area (Å²) in [6.45, 7) is -0.657. The van der Waals surface area contributed by atoms with Gasteiger partial charge in [0.25, 0.3) is 0 Å². The monoisotopic (exact) mass is 398 g/mol. The van der Waals surface area contributed by atoms with E-state index in [1.807, 2.05) is 0 Å². The lowest BCUT2D eigenvalue weighted by Crippen LogP contribution is -2.41. The number of anilines is 2. The zero-order valence-corrected chi connectivity index (χ0v) is 14.2. The number of nitrogens with one attached hydrogen (secondary N) is 1. The third-order valence-corrected chi connectivity index (χ3v) is 3.98. The van der Waals surface area contributed by atoms with Gasteiger partial charge in [0.1, 0.15) is 17.7 Å². The molecule has 1 aliphatic rings. The second-order valence-corrected chi connectivity index (χ2v) is 5.96. The molecule has 0 bridgehead atoms. The molecule has 3 rings (SSSR count). The highest BCUT2D eigenvalue weighted by Gasteiger charge is 2.40. The Morgan fingerprint density at radius 2 is 2.07 bits per heavy atom. The molecule has 1 aliphatic heterocycles. The van der Waals surface area contributed by atoms with Crippen LogP contribution < -0.4 is 16.0 Å². The van der Waals surface area contributed by atoms with Crippen LogP contribution in [0.15, 0.2) is 36.5 Å². The Bertz CT molecular complexity index is 920. The van der Waals surface area contributed by atoms with Crippen molar-refractivity contribution in [2.24, 2.45) is 0 Å². The van der Waals surface area contributed by atoms with E-state index in [9.17, 15) is 27.2 Å². The molecule has 2 heterocycles. The lowest BCUT2D eigenvalue weighted by Gasteiger charge is -2.15. The minimum Gasteiger partial charge on any atom is -0.442 e. The molecule has 1 aromatic carbocycles. The lowest BCUT2D eigenvalue weighted by atomic mass is 10.1. The fourth-order valence-electron chi connectivity index (χ4n) is 2.67. The van der Waals surface area contributed by atoms with Crippen LogP contribution in [0.4, 0.5) is 33.9 Å². The van der Waals surface area contributed by atoms with Crippen LogP contribution in [0, 0.1) is 5.82 Å². The number of benzene rings is 1. The van der Waals surface area contributed by atoms with E-state index in [0.717, 1.165) is 11.0 Å². The Balaban J connectivity index is 1.71. The Morgan fingerprint density at radius 1 is 1.32 bits per heavy atom. The maximum atomic E-state index is 14.5. The summed E-state index contributed by atoms with van der Waals surface area (Å²) in [6, 6.07) is 7.06. The summed E-state index contributed by atoms with van der Waals surface area (Å²) in [6.07, 6.45) is -5.46. The van der Waals surface area contributed by atoms with E-state index in [1.54, 1.807) is 11.4 Å². The molecule has 0 saturated carbocycles. The number of carbonyl (C=O) groups excluding carboxylic acids is 2. The number of cyclic esters (lactones) is 1. The van der Waals surface area contributed by atoms with Gasteiger partial charge in [-0.1, -0.05) is 0 Å². The smallest absolute Gasteiger partial charge is 0.442 e. The average molecular weight is 398 g/mol. The van der Waals surface area contributed by atoms with Gasteiger partial charge in [-0.05, 0) is 35.9 Å². The van der Waals surface area contributed by atoms with Crippen molar-refractivity contribution in [3.8, 4) is 11.1 Å². The SMILES string of the molecule is Nc1cc(-c2ccc(N3C[C@H](CNC(=O)C(F)(F)F)OC3=O)cc2F)ccn1. The number of amides is 2. The predicted octanol–water partition coefficient (Wildman–Crippen LogP) is 2.47. The number of ether oxygens (including phenoxy) is 1. The normalized spacial score (nSPS) is 16.8. The molecule has 7 nitrogen and oxygen atoms in total. The van der Waals surface area contributed by atoms with Gasteiger partial charge in [-0.15, -0.1) is 0 Å². The van der Waals surface area contributed by atoms with Crippen molar-refractivity contribution < 1.29 is 31.9 Å². The summed E-state index contributed by atoms with van der Waals surface area (Å²) in [7, 11) is 0. The molecule has 28 heavy (non-hydrogen) atoms. The Labute approximate surface area is 156 Å². The van der Waals surface area contributed by atoms with Gasteiger partial charge in [0, 0.05) is 11.8 Å². The van der Waals surface area contributed by atoms with E-state index >= 15 is 0 Å². The van der Waals surface area contributed by atoms with Crippen LogP contribution in [-0.4, -0.2) is 42.4 Å². The molecule has 3 N–H and O–H groups in total. The molecule has 0 radical (unpaired) electrons. The summed E-state index contributed by atoms with van der Waals surface area (Å²) >= 11 is 0. The Morgan fingerprint density at radius 3 is 2.71 bits per heavy atom. The highest BCUT2D eigenvalue weighted by atomic mass is 19.4. The quantitative estimate of drug-likeness (QED) is 0.772. The summed E-state index contributed by atoms with van der Waals surface area (Å²) in [5.74, 6) is -2.55. The number of pyridine rings is 1. The van der Waals surface area contributed by atoms with Crippen LogP contribution >= 0.6 is 0 Å². The summed E-state index contributed by atoms with van der Waals surface area (Å²) < 4.78 is 56.0. The first-order valence-electron chi connectivity index (χ1n) is 8.00. The topological polar surface area (TPSA) is 97.5 Å². The molecular formula is C17H14F4N4O3. The van der Waals surface area contributed by atoms with Crippen LogP contribution in [0.1, 0.15) is 0 Å². The van der Waals surface area contributed by atoms with E-state index in [4.69, 9.17) is 10.5 Å². The van der Waals surface area contributed by atoms with Crippen molar-refractivity contribution in [1.82, 2.24) is 10.3 Å². The number of hydrogen-bond acceptors (Lipinski definition) is 5. The number of hydrogen-bond donors (Lipinski definition) is 2. The maximum Gasteiger partial charge on any atom is 0.471 e. The molecule has 0 unspecified atom stereocenters. The fraction of sp³-hybridized carbons (Fsp3) is 0.235. The van der Waals surface area contributed by atoms with Gasteiger partial charge in [-0.3, -0.25) is 9.69 Å². The van der Waals surface area contributed by atoms with E-state index in [2.05, 4.69) is 4.98 Å². The molecule has 2 aromatic rings. The largest absolute Gasteiger partial charge is 0.471 e. The molecular weight excluding hydrogens is 384 g/mol. The molecule has 0 spiro atoms. The zero-order valence-electron chi connectivity index (χ0n) is 14.2. The van der Waals surface area contributed by atoms with Gasteiger partial charge in [0.2, 0.25) is 0 Å². The zero-order chi connectivity index (χ0) is 20.5. The summed E-state index contributed by atoms with van der Waals surface area (Å²) in [5, 5.41) is 1.64. The van der Waals surface area contributed by atoms with Crippen molar-refractivity contribution in [1.29, 1.82) is 0 Å². The lowest BCUT2D eigenvalue weighted by molar-refractivity contribution is -0.173. The van der Waals surface area contributed by atoms with Gasteiger partial charge < -0.3 is 15.8 Å². The average Bonchev–Trinajstić information content (AvgIpc) is 2.99. The molecule has 0 aliphatic carbocycles. The van der Waals surface area contributed by atoms with Gasteiger partial charge in [0.15, 0.2) is 0 Å². The summed E-state index contributed by atoms with van der Waals surface area (Å²) in [5.41, 5.74) is 6.48. The third-order valence-electron chi connectivity index (χ3n) is 3.98. The van der Waals surface area contributed by atoms with Crippen molar-refractivity contribution in [2.45, 2.75) is 12.3 Å². The number of carbonyl (C=O) groups is 2. The van der Waals surface area contributed by atoms with Crippen LogP contribution in [0.2, 0.25) is 0 Å². The van der Waals surface area contributed by atoms with Gasteiger partial charge in [-0.2, -0.15) is 13.2 Å². The van der Waals surface area contributed by atoms with Crippen LogP contribution in [0.25, 0.3) is 11.1 Å².